The van der Waals surface area contributed by atoms with Crippen molar-refractivity contribution in [1.82, 2.24) is 9.46 Å². The zero-order valence-corrected chi connectivity index (χ0v) is 11.6. The monoisotopic (exact) mass is 274 g/mol. The van der Waals surface area contributed by atoms with Crippen LogP contribution >= 0.6 is 0 Å². The molecule has 102 valence electrons. The Kier molecular flexibility index (Phi) is 3.25. The van der Waals surface area contributed by atoms with Crippen molar-refractivity contribution in [3.05, 3.63) is 11.5 Å². The zero-order chi connectivity index (χ0) is 13.6. The van der Waals surface area contributed by atoms with Crippen molar-refractivity contribution in [3.63, 3.8) is 0 Å². The number of rotatable bonds is 4. The van der Waals surface area contributed by atoms with Crippen molar-refractivity contribution in [2.45, 2.75) is 44.1 Å². The van der Waals surface area contributed by atoms with Crippen LogP contribution in [0.15, 0.2) is 9.42 Å². The van der Waals surface area contributed by atoms with Crippen LogP contribution in [0, 0.1) is 13.8 Å². The number of aryl methyl sites for hydroxylation is 2. The van der Waals surface area contributed by atoms with Gasteiger partial charge >= 0.3 is 0 Å². The molecule has 0 aliphatic carbocycles. The first-order chi connectivity index (χ1) is 8.30. The third-order valence-electron chi connectivity index (χ3n) is 3.22. The first-order valence-electron chi connectivity index (χ1n) is 5.95. The molecule has 18 heavy (non-hydrogen) atoms. The fraction of sp³-hybridized carbons (Fsp3) is 0.727. The van der Waals surface area contributed by atoms with E-state index in [9.17, 15) is 13.5 Å². The van der Waals surface area contributed by atoms with Gasteiger partial charge in [0.25, 0.3) is 0 Å². The van der Waals surface area contributed by atoms with Gasteiger partial charge in [0.1, 0.15) is 10.6 Å². The molecule has 0 aromatic carbocycles. The van der Waals surface area contributed by atoms with Gasteiger partial charge in [-0.1, -0.05) is 18.5 Å². The SMILES string of the molecule is CCCC1(O)CN(S(=O)(=O)c2c(C)noc2C)C1. The molecule has 2 heterocycles. The predicted octanol–water partition coefficient (Wildman–Crippen LogP) is 0.827. The van der Waals surface area contributed by atoms with Crippen LogP contribution in [-0.4, -0.2) is 41.7 Å². The van der Waals surface area contributed by atoms with Crippen LogP contribution < -0.4 is 0 Å². The van der Waals surface area contributed by atoms with E-state index in [0.29, 0.717) is 17.9 Å². The van der Waals surface area contributed by atoms with Crippen LogP contribution in [0.25, 0.3) is 0 Å². The van der Waals surface area contributed by atoms with Crippen molar-refractivity contribution < 1.29 is 18.0 Å². The van der Waals surface area contributed by atoms with Crippen molar-refractivity contribution in [3.8, 4) is 0 Å². The molecule has 1 N–H and O–H groups in total. The summed E-state index contributed by atoms with van der Waals surface area (Å²) in [7, 11) is -3.59. The molecule has 0 atom stereocenters. The minimum atomic E-state index is -3.59. The fourth-order valence-corrected chi connectivity index (χ4v) is 4.27. The van der Waals surface area contributed by atoms with Gasteiger partial charge in [-0.2, -0.15) is 4.31 Å². The lowest BCUT2D eigenvalue weighted by molar-refractivity contribution is -0.0653. The molecule has 0 saturated carbocycles. The molecular formula is C11H18N2O4S. The summed E-state index contributed by atoms with van der Waals surface area (Å²) in [5, 5.41) is 13.7. The highest BCUT2D eigenvalue weighted by Crippen LogP contribution is 2.33. The van der Waals surface area contributed by atoms with Crippen molar-refractivity contribution >= 4 is 10.0 Å². The van der Waals surface area contributed by atoms with E-state index in [4.69, 9.17) is 4.52 Å². The highest BCUT2D eigenvalue weighted by Gasteiger charge is 2.47. The van der Waals surface area contributed by atoms with E-state index in [2.05, 4.69) is 5.16 Å². The van der Waals surface area contributed by atoms with Gasteiger partial charge < -0.3 is 9.63 Å². The number of aromatic nitrogens is 1. The molecule has 1 aliphatic rings. The summed E-state index contributed by atoms with van der Waals surface area (Å²) in [6.45, 7) is 5.43. The van der Waals surface area contributed by atoms with Gasteiger partial charge in [-0.15, -0.1) is 0 Å². The van der Waals surface area contributed by atoms with Crippen molar-refractivity contribution in [2.75, 3.05) is 13.1 Å². The van der Waals surface area contributed by atoms with Crippen LogP contribution in [0.4, 0.5) is 0 Å². The number of nitrogens with zero attached hydrogens (tertiary/aromatic N) is 2. The highest BCUT2D eigenvalue weighted by molar-refractivity contribution is 7.89. The maximum absolute atomic E-state index is 12.3. The maximum Gasteiger partial charge on any atom is 0.248 e. The minimum absolute atomic E-state index is 0.126. The number of hydrogen-bond donors (Lipinski definition) is 1. The fourth-order valence-electron chi connectivity index (χ4n) is 2.38. The normalized spacial score (nSPS) is 19.8. The number of sulfonamides is 1. The van der Waals surface area contributed by atoms with Gasteiger partial charge in [-0.3, -0.25) is 0 Å². The van der Waals surface area contributed by atoms with Crippen LogP contribution in [0.3, 0.4) is 0 Å². The molecular weight excluding hydrogens is 256 g/mol. The lowest BCUT2D eigenvalue weighted by Crippen LogP contribution is -2.63. The summed E-state index contributed by atoms with van der Waals surface area (Å²) in [5.74, 6) is 0.290. The molecule has 0 unspecified atom stereocenters. The van der Waals surface area contributed by atoms with Gasteiger partial charge in [0.05, 0.1) is 5.60 Å². The van der Waals surface area contributed by atoms with Gasteiger partial charge in [-0.25, -0.2) is 8.42 Å². The second-order valence-corrected chi connectivity index (χ2v) is 6.78. The highest BCUT2D eigenvalue weighted by atomic mass is 32.2. The van der Waals surface area contributed by atoms with Gasteiger partial charge in [-0.05, 0) is 20.3 Å². The quantitative estimate of drug-likeness (QED) is 0.879. The first-order valence-corrected chi connectivity index (χ1v) is 7.39. The Hall–Kier alpha value is -0.920. The largest absolute Gasteiger partial charge is 0.387 e. The van der Waals surface area contributed by atoms with Crippen molar-refractivity contribution in [1.29, 1.82) is 0 Å². The molecule has 6 nitrogen and oxygen atoms in total. The van der Waals surface area contributed by atoms with Crippen LogP contribution in [-0.2, 0) is 10.0 Å². The van der Waals surface area contributed by atoms with Gasteiger partial charge in [0.15, 0.2) is 5.76 Å². The Morgan fingerprint density at radius 2 is 2.06 bits per heavy atom. The number of β-amino-alcohol motifs (C(OH)–C–C–N with tert-alkyl or cyclic N) is 1. The predicted molar refractivity (Wildman–Crippen MR) is 64.6 cm³/mol. The van der Waals surface area contributed by atoms with E-state index < -0.39 is 15.6 Å². The molecule has 1 fully saturated rings. The summed E-state index contributed by atoms with van der Waals surface area (Å²) in [6.07, 6.45) is 1.44. The van der Waals surface area contributed by atoms with Crippen molar-refractivity contribution in [2.24, 2.45) is 0 Å². The number of hydrogen-bond acceptors (Lipinski definition) is 5. The summed E-state index contributed by atoms with van der Waals surface area (Å²) in [4.78, 5) is 0.126. The molecule has 1 aliphatic heterocycles. The molecule has 0 radical (unpaired) electrons. The third kappa shape index (κ3) is 2.06. The van der Waals surface area contributed by atoms with E-state index in [1.165, 1.54) is 4.31 Å². The van der Waals surface area contributed by atoms with E-state index in [1.807, 2.05) is 6.92 Å². The minimum Gasteiger partial charge on any atom is -0.387 e. The molecule has 2 rings (SSSR count). The zero-order valence-electron chi connectivity index (χ0n) is 10.8. The summed E-state index contributed by atoms with van der Waals surface area (Å²) in [6, 6.07) is 0. The lowest BCUT2D eigenvalue weighted by Gasteiger charge is -2.45. The Morgan fingerprint density at radius 1 is 1.44 bits per heavy atom. The molecule has 0 bridgehead atoms. The van der Waals surface area contributed by atoms with Gasteiger partial charge in [0.2, 0.25) is 10.0 Å². The van der Waals surface area contributed by atoms with Crippen LogP contribution in [0.5, 0.6) is 0 Å². The molecule has 7 heteroatoms. The molecule has 0 spiro atoms. The second-order valence-electron chi connectivity index (χ2n) is 4.90. The van der Waals surface area contributed by atoms with E-state index in [1.54, 1.807) is 13.8 Å². The van der Waals surface area contributed by atoms with Crippen LogP contribution in [0.2, 0.25) is 0 Å². The van der Waals surface area contributed by atoms with Crippen LogP contribution in [0.1, 0.15) is 31.2 Å². The second kappa shape index (κ2) is 4.32. The lowest BCUT2D eigenvalue weighted by atomic mass is 9.92. The number of aliphatic hydroxyl groups is 1. The summed E-state index contributed by atoms with van der Waals surface area (Å²) >= 11 is 0. The summed E-state index contributed by atoms with van der Waals surface area (Å²) < 4.78 is 30.8. The molecule has 1 aromatic heterocycles. The third-order valence-corrected chi connectivity index (χ3v) is 5.26. The molecule has 1 aromatic rings. The summed E-state index contributed by atoms with van der Waals surface area (Å²) in [5.41, 5.74) is -0.515. The average molecular weight is 274 g/mol. The van der Waals surface area contributed by atoms with E-state index in [0.717, 1.165) is 6.42 Å². The maximum atomic E-state index is 12.3. The Balaban J connectivity index is 2.21. The van der Waals surface area contributed by atoms with E-state index >= 15 is 0 Å². The molecule has 1 saturated heterocycles. The topological polar surface area (TPSA) is 83.6 Å². The van der Waals surface area contributed by atoms with Gasteiger partial charge in [0, 0.05) is 13.1 Å². The standard InChI is InChI=1S/C11H18N2O4S/c1-4-5-11(14)6-13(7-11)18(15,16)10-8(2)12-17-9(10)3/h14H,4-7H2,1-3H3. The average Bonchev–Trinajstić information content (AvgIpc) is 2.55. The molecule has 0 amide bonds. The smallest absolute Gasteiger partial charge is 0.248 e. The Morgan fingerprint density at radius 3 is 2.50 bits per heavy atom. The Labute approximate surface area is 107 Å². The van der Waals surface area contributed by atoms with E-state index in [-0.39, 0.29) is 18.0 Å². The first kappa shape index (κ1) is 13.5. The Bertz CT molecular complexity index is 524.